The van der Waals surface area contributed by atoms with E-state index >= 15 is 0 Å². The van der Waals surface area contributed by atoms with E-state index in [1.807, 2.05) is 6.07 Å². The molecule has 0 atom stereocenters. The molecular formula is C13H21F2N3O. The van der Waals surface area contributed by atoms with Crippen LogP contribution in [0, 0.1) is 0 Å². The Morgan fingerprint density at radius 1 is 1.37 bits per heavy atom. The highest BCUT2D eigenvalue weighted by molar-refractivity contribution is 5.03. The van der Waals surface area contributed by atoms with Gasteiger partial charge < -0.3 is 10.1 Å². The molecule has 6 heteroatoms. The Labute approximate surface area is 112 Å². The molecule has 0 fully saturated rings. The third-order valence-corrected chi connectivity index (χ3v) is 2.28. The van der Waals surface area contributed by atoms with E-state index in [0.717, 1.165) is 5.69 Å². The van der Waals surface area contributed by atoms with Crippen LogP contribution in [0.5, 0.6) is 0 Å². The van der Waals surface area contributed by atoms with Crippen molar-refractivity contribution in [2.45, 2.75) is 45.7 Å². The molecular weight excluding hydrogens is 252 g/mol. The van der Waals surface area contributed by atoms with Crippen LogP contribution in [0.3, 0.4) is 0 Å². The SMILES string of the molecule is CC(C)(C)NCc1ccnc(CCOCC(F)F)n1. The molecule has 0 bridgehead atoms. The second-order valence-corrected chi connectivity index (χ2v) is 5.28. The van der Waals surface area contributed by atoms with E-state index in [1.54, 1.807) is 6.20 Å². The lowest BCUT2D eigenvalue weighted by Gasteiger charge is -2.20. The van der Waals surface area contributed by atoms with E-state index in [0.29, 0.717) is 18.8 Å². The topological polar surface area (TPSA) is 47.0 Å². The molecule has 1 aromatic rings. The summed E-state index contributed by atoms with van der Waals surface area (Å²) in [4.78, 5) is 8.45. The van der Waals surface area contributed by atoms with Crippen molar-refractivity contribution in [3.05, 3.63) is 23.8 Å². The monoisotopic (exact) mass is 273 g/mol. The van der Waals surface area contributed by atoms with Crippen LogP contribution in [-0.4, -0.2) is 35.1 Å². The molecule has 0 saturated heterocycles. The van der Waals surface area contributed by atoms with Gasteiger partial charge in [-0.3, -0.25) is 0 Å². The molecule has 19 heavy (non-hydrogen) atoms. The molecule has 0 aliphatic rings. The molecule has 1 aromatic heterocycles. The average molecular weight is 273 g/mol. The van der Waals surface area contributed by atoms with Gasteiger partial charge in [0.25, 0.3) is 6.43 Å². The van der Waals surface area contributed by atoms with Crippen LogP contribution in [0.4, 0.5) is 8.78 Å². The highest BCUT2D eigenvalue weighted by Gasteiger charge is 2.09. The van der Waals surface area contributed by atoms with Crippen molar-refractivity contribution in [1.29, 1.82) is 0 Å². The molecule has 0 radical (unpaired) electrons. The predicted molar refractivity (Wildman–Crippen MR) is 69.2 cm³/mol. The fourth-order valence-corrected chi connectivity index (χ4v) is 1.35. The second kappa shape index (κ2) is 7.45. The minimum absolute atomic E-state index is 0.0193. The van der Waals surface area contributed by atoms with Crippen molar-refractivity contribution in [3.8, 4) is 0 Å². The Hall–Kier alpha value is -1.14. The molecule has 0 saturated carbocycles. The molecule has 0 amide bonds. The Bertz CT molecular complexity index is 380. The minimum Gasteiger partial charge on any atom is -0.375 e. The summed E-state index contributed by atoms with van der Waals surface area (Å²) in [6.07, 6.45) is -0.311. The molecule has 4 nitrogen and oxygen atoms in total. The number of hydrogen-bond acceptors (Lipinski definition) is 4. The zero-order valence-corrected chi connectivity index (χ0v) is 11.6. The fraction of sp³-hybridized carbons (Fsp3) is 0.692. The van der Waals surface area contributed by atoms with Gasteiger partial charge in [-0.15, -0.1) is 0 Å². The number of hydrogen-bond donors (Lipinski definition) is 1. The third kappa shape index (κ3) is 7.79. The normalized spacial score (nSPS) is 12.1. The summed E-state index contributed by atoms with van der Waals surface area (Å²) in [7, 11) is 0. The van der Waals surface area contributed by atoms with Crippen molar-refractivity contribution in [2.24, 2.45) is 0 Å². The summed E-state index contributed by atoms with van der Waals surface area (Å²) in [6, 6.07) is 1.84. The number of halogens is 2. The smallest absolute Gasteiger partial charge is 0.261 e. The lowest BCUT2D eigenvalue weighted by Crippen LogP contribution is -2.35. The first-order valence-electron chi connectivity index (χ1n) is 6.28. The molecule has 0 spiro atoms. The zero-order chi connectivity index (χ0) is 14.3. The highest BCUT2D eigenvalue weighted by atomic mass is 19.3. The number of nitrogens with zero attached hydrogens (tertiary/aromatic N) is 2. The Morgan fingerprint density at radius 2 is 2.11 bits per heavy atom. The lowest BCUT2D eigenvalue weighted by molar-refractivity contribution is 0.0182. The van der Waals surface area contributed by atoms with Crippen molar-refractivity contribution < 1.29 is 13.5 Å². The van der Waals surface area contributed by atoms with Crippen LogP contribution >= 0.6 is 0 Å². The summed E-state index contributed by atoms with van der Waals surface area (Å²) in [5, 5.41) is 3.33. The van der Waals surface area contributed by atoms with Gasteiger partial charge in [-0.2, -0.15) is 0 Å². The van der Waals surface area contributed by atoms with Crippen LogP contribution in [-0.2, 0) is 17.7 Å². The van der Waals surface area contributed by atoms with Gasteiger partial charge in [0, 0.05) is 24.7 Å². The molecule has 108 valence electrons. The number of aromatic nitrogens is 2. The van der Waals surface area contributed by atoms with E-state index in [1.165, 1.54) is 0 Å². The molecule has 0 aromatic carbocycles. The van der Waals surface area contributed by atoms with E-state index in [2.05, 4.69) is 36.1 Å². The van der Waals surface area contributed by atoms with Crippen molar-refractivity contribution in [1.82, 2.24) is 15.3 Å². The van der Waals surface area contributed by atoms with Crippen LogP contribution in [0.25, 0.3) is 0 Å². The van der Waals surface area contributed by atoms with Crippen molar-refractivity contribution in [3.63, 3.8) is 0 Å². The van der Waals surface area contributed by atoms with Crippen LogP contribution in [0.2, 0.25) is 0 Å². The van der Waals surface area contributed by atoms with Gasteiger partial charge in [-0.25, -0.2) is 18.7 Å². The van der Waals surface area contributed by atoms with Crippen molar-refractivity contribution in [2.75, 3.05) is 13.2 Å². The molecule has 1 N–H and O–H groups in total. The van der Waals surface area contributed by atoms with E-state index in [4.69, 9.17) is 4.74 Å². The van der Waals surface area contributed by atoms with E-state index in [-0.39, 0.29) is 12.1 Å². The molecule has 0 aliphatic carbocycles. The number of nitrogens with one attached hydrogen (secondary N) is 1. The van der Waals surface area contributed by atoms with Gasteiger partial charge in [-0.1, -0.05) is 0 Å². The van der Waals surface area contributed by atoms with Crippen molar-refractivity contribution >= 4 is 0 Å². The first-order chi connectivity index (χ1) is 8.87. The Morgan fingerprint density at radius 3 is 2.74 bits per heavy atom. The molecule has 0 unspecified atom stereocenters. The van der Waals surface area contributed by atoms with Gasteiger partial charge in [0.2, 0.25) is 0 Å². The van der Waals surface area contributed by atoms with Gasteiger partial charge in [0.15, 0.2) is 0 Å². The lowest BCUT2D eigenvalue weighted by atomic mass is 10.1. The van der Waals surface area contributed by atoms with Crippen LogP contribution in [0.15, 0.2) is 12.3 Å². The largest absolute Gasteiger partial charge is 0.375 e. The molecule has 1 heterocycles. The van der Waals surface area contributed by atoms with Crippen LogP contribution in [0.1, 0.15) is 32.3 Å². The quantitative estimate of drug-likeness (QED) is 0.774. The Kier molecular flexibility index (Phi) is 6.24. The zero-order valence-electron chi connectivity index (χ0n) is 11.6. The Balaban J connectivity index is 2.39. The molecule has 1 rings (SSSR count). The first-order valence-corrected chi connectivity index (χ1v) is 6.28. The minimum atomic E-state index is -2.43. The third-order valence-electron chi connectivity index (χ3n) is 2.28. The standard InChI is InChI=1S/C13H21F2N3O/c1-13(2,3)17-8-10-4-6-16-12(18-10)5-7-19-9-11(14)15/h4,6,11,17H,5,7-9H2,1-3H3. The maximum absolute atomic E-state index is 11.9. The summed E-state index contributed by atoms with van der Waals surface area (Å²) >= 11 is 0. The van der Waals surface area contributed by atoms with Gasteiger partial charge in [-0.05, 0) is 26.8 Å². The number of alkyl halides is 2. The highest BCUT2D eigenvalue weighted by Crippen LogP contribution is 2.03. The summed E-state index contributed by atoms with van der Waals surface area (Å²) < 4.78 is 28.6. The van der Waals surface area contributed by atoms with Crippen LogP contribution < -0.4 is 5.32 Å². The number of rotatable bonds is 7. The first kappa shape index (κ1) is 15.9. The fourth-order valence-electron chi connectivity index (χ4n) is 1.35. The second-order valence-electron chi connectivity index (χ2n) is 5.28. The summed E-state index contributed by atoms with van der Waals surface area (Å²) in [5.41, 5.74) is 0.902. The predicted octanol–water partition coefficient (Wildman–Crippen LogP) is 2.19. The van der Waals surface area contributed by atoms with Gasteiger partial charge >= 0.3 is 0 Å². The van der Waals surface area contributed by atoms with E-state index < -0.39 is 13.0 Å². The summed E-state index contributed by atoms with van der Waals surface area (Å²) in [6.45, 7) is 6.55. The van der Waals surface area contributed by atoms with Gasteiger partial charge in [0.05, 0.1) is 12.3 Å². The average Bonchev–Trinajstić information content (AvgIpc) is 2.32. The number of ether oxygens (including phenoxy) is 1. The maximum Gasteiger partial charge on any atom is 0.261 e. The van der Waals surface area contributed by atoms with E-state index in [9.17, 15) is 8.78 Å². The molecule has 0 aliphatic heterocycles. The van der Waals surface area contributed by atoms with Gasteiger partial charge in [0.1, 0.15) is 12.4 Å². The maximum atomic E-state index is 11.9. The summed E-state index contributed by atoms with van der Waals surface area (Å²) in [5.74, 6) is 0.613.